The molecule has 3 aliphatic carbocycles. The fourth-order valence-electron chi connectivity index (χ4n) is 11.7. The van der Waals surface area contributed by atoms with Crippen molar-refractivity contribution in [2.24, 2.45) is 11.7 Å². The molecule has 0 radical (unpaired) electrons. The van der Waals surface area contributed by atoms with Crippen molar-refractivity contribution in [3.05, 3.63) is 93.2 Å². The highest BCUT2D eigenvalue weighted by Gasteiger charge is 2.51. The number of allylic oxidation sites excluding steroid dienone is 3. The molecule has 0 amide bonds. The fraction of sp³-hybridized carbons (Fsp3) is 0.460. The van der Waals surface area contributed by atoms with Gasteiger partial charge in [0.2, 0.25) is 0 Å². The van der Waals surface area contributed by atoms with E-state index in [4.69, 9.17) is 24.7 Å². The maximum absolute atomic E-state index is 12.6. The van der Waals surface area contributed by atoms with Gasteiger partial charge in [-0.2, -0.15) is 0 Å². The van der Waals surface area contributed by atoms with Crippen LogP contribution in [0, 0.1) is 17.8 Å². The van der Waals surface area contributed by atoms with E-state index in [0.717, 1.165) is 100 Å². The molecule has 3 aromatic rings. The lowest BCUT2D eigenvalue weighted by atomic mass is 9.65. The number of nitrogens with two attached hydrogens (primary N) is 1. The van der Waals surface area contributed by atoms with Crippen LogP contribution in [0.2, 0.25) is 0 Å². The van der Waals surface area contributed by atoms with Gasteiger partial charge in [-0.25, -0.2) is 0 Å². The molecule has 4 aliphatic heterocycles. The second-order valence-corrected chi connectivity index (χ2v) is 18.2. The van der Waals surface area contributed by atoms with Crippen LogP contribution >= 0.6 is 0 Å². The zero-order valence-electron chi connectivity index (χ0n) is 35.2. The number of phenols is 2. The van der Waals surface area contributed by atoms with Gasteiger partial charge < -0.3 is 50.8 Å². The number of hydrogen-bond acceptors (Lipinski definition) is 11. The van der Waals surface area contributed by atoms with Crippen molar-refractivity contribution in [3.8, 4) is 51.7 Å². The van der Waals surface area contributed by atoms with Crippen LogP contribution in [0.1, 0.15) is 104 Å². The predicted octanol–water partition coefficient (Wildman–Crippen LogP) is 6.69. The van der Waals surface area contributed by atoms with Crippen LogP contribution in [0.4, 0.5) is 0 Å². The van der Waals surface area contributed by atoms with Crippen LogP contribution in [0.25, 0.3) is 17.2 Å². The highest BCUT2D eigenvalue weighted by atomic mass is 16.5. The quantitative estimate of drug-likeness (QED) is 0.112. The molecule has 2 saturated carbocycles. The summed E-state index contributed by atoms with van der Waals surface area (Å²) in [5.41, 5.74) is 15.6. The van der Waals surface area contributed by atoms with Crippen molar-refractivity contribution in [2.75, 3.05) is 27.3 Å². The van der Waals surface area contributed by atoms with Gasteiger partial charge in [0.1, 0.15) is 36.1 Å². The van der Waals surface area contributed by atoms with E-state index >= 15 is 0 Å². The van der Waals surface area contributed by atoms with E-state index in [1.54, 1.807) is 19.2 Å². The van der Waals surface area contributed by atoms with E-state index in [1.165, 1.54) is 19.8 Å². The maximum atomic E-state index is 12.6. The molecule has 10 rings (SSSR count). The van der Waals surface area contributed by atoms with Crippen molar-refractivity contribution in [1.29, 1.82) is 0 Å². The number of ether oxygens (including phenoxy) is 4. The number of methoxy groups -OCH3 is 1. The fourth-order valence-corrected chi connectivity index (χ4v) is 11.7. The minimum atomic E-state index is -0.622. The number of carbonyl (C=O) groups excluding carboxylic acids is 1. The SMILES string of the molecule is CNCC1Oc2c(O)cc3c(c2C=CC1NC1CCCC1)C1Oc2c(ccc4c2C2(CCC(CC5=C(C#CC3)NC(N)C=C5)C2)Cc2cc(O)cc(OC)c2-4)C1COC(C)=O. The van der Waals surface area contributed by atoms with Gasteiger partial charge in [-0.15, -0.1) is 0 Å². The highest BCUT2D eigenvalue weighted by molar-refractivity contribution is 5.84. The lowest BCUT2D eigenvalue weighted by Crippen LogP contribution is -2.49. The van der Waals surface area contributed by atoms with Crippen molar-refractivity contribution in [3.63, 3.8) is 0 Å². The number of fused-ring (bicyclic) bond motifs is 8. The predicted molar refractivity (Wildman–Crippen MR) is 234 cm³/mol. The first-order valence-corrected chi connectivity index (χ1v) is 22.1. The molecule has 3 aromatic carbocycles. The molecule has 7 unspecified atom stereocenters. The second kappa shape index (κ2) is 15.8. The molecular weight excluding hydrogens is 769 g/mol. The Morgan fingerprint density at radius 1 is 1.07 bits per heavy atom. The van der Waals surface area contributed by atoms with Crippen LogP contribution < -0.4 is 35.9 Å². The van der Waals surface area contributed by atoms with Gasteiger partial charge in [0, 0.05) is 65.2 Å². The third-order valence-corrected chi connectivity index (χ3v) is 14.3. The van der Waals surface area contributed by atoms with Gasteiger partial charge in [-0.3, -0.25) is 4.79 Å². The van der Waals surface area contributed by atoms with E-state index < -0.39 is 6.10 Å². The van der Waals surface area contributed by atoms with Crippen molar-refractivity contribution < 1.29 is 34.0 Å². The number of likely N-dealkylation sites (N-methyl/N-ethyl adjacent to an activating group) is 1. The zero-order valence-corrected chi connectivity index (χ0v) is 35.2. The Balaban J connectivity index is 1.21. The summed E-state index contributed by atoms with van der Waals surface area (Å²) in [6.07, 6.45) is 16.4. The lowest BCUT2D eigenvalue weighted by Gasteiger charge is -2.39. The summed E-state index contributed by atoms with van der Waals surface area (Å²) in [4.78, 5) is 12.6. The lowest BCUT2D eigenvalue weighted by molar-refractivity contribution is -0.141. The molecule has 11 nitrogen and oxygen atoms in total. The number of benzene rings is 3. The molecule has 7 aliphatic rings. The average Bonchev–Trinajstić information content (AvgIpc) is 3.96. The van der Waals surface area contributed by atoms with E-state index in [0.29, 0.717) is 42.8 Å². The zero-order chi connectivity index (χ0) is 42.0. The second-order valence-electron chi connectivity index (χ2n) is 18.2. The summed E-state index contributed by atoms with van der Waals surface area (Å²) in [7, 11) is 3.56. The Kier molecular flexibility index (Phi) is 10.3. The van der Waals surface area contributed by atoms with E-state index in [9.17, 15) is 15.0 Å². The average molecular weight is 825 g/mol. The standard InChI is InChI=1S/C50H56N4O7/c1-27(55)59-26-37-34-12-13-35-44-31(20-33(56)22-41(44)58-3)24-50-18-17-28(23-50)19-29-11-16-43(51)54-38(29)10-6-7-30-21-40(57)47-36(45(30)48(37)61-49(34)46(35)50)14-15-39(42(60-47)25-52-2)53-32-8-4-5-9-32/h11-16,20-22,28,32,37,39,42-43,48,52-54,56-57H,4-5,7-9,17-19,23-26,51H2,1-3H3. The third-order valence-electron chi connectivity index (χ3n) is 14.3. The van der Waals surface area contributed by atoms with E-state index in [2.05, 4.69) is 58.2 Å². The smallest absolute Gasteiger partial charge is 0.302 e. The molecule has 0 aromatic heterocycles. The van der Waals surface area contributed by atoms with E-state index in [-0.39, 0.29) is 53.7 Å². The highest BCUT2D eigenvalue weighted by Crippen LogP contribution is 2.63. The van der Waals surface area contributed by atoms with Gasteiger partial charge in [0.25, 0.3) is 0 Å². The summed E-state index contributed by atoms with van der Waals surface area (Å²) in [6, 6.07) is 9.95. The number of rotatable bonds is 7. The van der Waals surface area contributed by atoms with E-state index in [1.807, 2.05) is 19.2 Å². The summed E-state index contributed by atoms with van der Waals surface area (Å²) in [5, 5.41) is 33.6. The Morgan fingerprint density at radius 3 is 2.72 bits per heavy atom. The molecule has 4 heterocycles. The summed E-state index contributed by atoms with van der Waals surface area (Å²) >= 11 is 0. The number of nitrogens with one attached hydrogen (secondary N) is 3. The van der Waals surface area contributed by atoms with Gasteiger partial charge >= 0.3 is 5.97 Å². The van der Waals surface area contributed by atoms with Crippen LogP contribution in [-0.2, 0) is 27.8 Å². The molecule has 2 fully saturated rings. The number of aromatic hydroxyl groups is 2. The first-order valence-electron chi connectivity index (χ1n) is 22.1. The molecule has 61 heavy (non-hydrogen) atoms. The van der Waals surface area contributed by atoms with Gasteiger partial charge in [0.15, 0.2) is 11.5 Å². The molecule has 7 N–H and O–H groups in total. The number of esters is 1. The first-order chi connectivity index (χ1) is 29.6. The molecule has 318 valence electrons. The number of phenolic OH excluding ortho intramolecular Hbond substituents is 2. The summed E-state index contributed by atoms with van der Waals surface area (Å²) < 4.78 is 26.3. The molecule has 0 saturated heterocycles. The molecule has 1 spiro atoms. The summed E-state index contributed by atoms with van der Waals surface area (Å²) in [5.74, 6) is 8.57. The monoisotopic (exact) mass is 824 g/mol. The van der Waals surface area contributed by atoms with Crippen LogP contribution in [0.5, 0.6) is 28.7 Å². The Hall–Kier alpha value is -5.41. The third kappa shape index (κ3) is 7.03. The Bertz CT molecular complexity index is 2440. The van der Waals surface area contributed by atoms with Crippen molar-refractivity contribution in [1.82, 2.24) is 16.0 Å². The van der Waals surface area contributed by atoms with Crippen molar-refractivity contribution >= 4 is 12.0 Å². The van der Waals surface area contributed by atoms with Gasteiger partial charge in [-0.1, -0.05) is 49.1 Å². The topological polar surface area (TPSA) is 157 Å². The molecule has 11 heteroatoms. The normalized spacial score (nSPS) is 28.0. The molecule has 7 atom stereocenters. The Morgan fingerprint density at radius 2 is 1.92 bits per heavy atom. The van der Waals surface area contributed by atoms with Crippen LogP contribution in [0.3, 0.4) is 0 Å². The maximum Gasteiger partial charge on any atom is 0.302 e. The van der Waals surface area contributed by atoms with Crippen LogP contribution in [0.15, 0.2) is 59.8 Å². The molecular formula is C50H56N4O7. The Labute approximate surface area is 357 Å². The summed E-state index contributed by atoms with van der Waals surface area (Å²) in [6.45, 7) is 2.10. The van der Waals surface area contributed by atoms with Gasteiger partial charge in [0.05, 0.1) is 30.9 Å². The first kappa shape index (κ1) is 39.7. The largest absolute Gasteiger partial charge is 0.508 e. The number of carbonyl (C=O) groups is 1. The van der Waals surface area contributed by atoms with Gasteiger partial charge in [-0.05, 0) is 104 Å². The van der Waals surface area contributed by atoms with Crippen molar-refractivity contribution in [2.45, 2.75) is 113 Å². The number of hydrogen-bond donors (Lipinski definition) is 6. The minimum Gasteiger partial charge on any atom is -0.508 e. The van der Waals surface area contributed by atoms with Crippen LogP contribution in [-0.4, -0.2) is 67.8 Å². The number of dihydropyridines is 1. The molecule has 4 bridgehead atoms. The minimum absolute atomic E-state index is 0.0361.